The van der Waals surface area contributed by atoms with Gasteiger partial charge in [-0.05, 0) is 133 Å². The van der Waals surface area contributed by atoms with Crippen molar-refractivity contribution in [2.24, 2.45) is 0 Å². The lowest BCUT2D eigenvalue weighted by Gasteiger charge is -2.09. The number of carbonyl (C=O) groups is 2. The maximum absolute atomic E-state index is 14.4. The molecule has 4 aromatic carbocycles. The van der Waals surface area contributed by atoms with Crippen LogP contribution in [0.1, 0.15) is 36.6 Å². The van der Waals surface area contributed by atoms with Gasteiger partial charge in [-0.3, -0.25) is 0 Å². The SMILES string of the molecule is CCOC(=O)COc1ccc(-c2c3nc(c(-c4ccc(F)cc4)c4ccc(s4)c(-c4ccc(F)cc4)c4nc(c(-c5ccc(OCC(=O)OCC)cc5)c5ccc2s5)C=C4)C=C3)cc1. The molecule has 318 valence electrons. The zero-order valence-corrected chi connectivity index (χ0v) is 36.2. The molecule has 0 saturated heterocycles. The molecule has 2 aliphatic heterocycles. The van der Waals surface area contributed by atoms with Crippen LogP contribution in [0.15, 0.2) is 121 Å². The molecule has 0 saturated carbocycles. The van der Waals surface area contributed by atoms with E-state index in [2.05, 4.69) is 12.1 Å². The Balaban J connectivity index is 1.32. The number of aromatic nitrogens is 2. The minimum absolute atomic E-state index is 0.212. The first-order chi connectivity index (χ1) is 31.2. The van der Waals surface area contributed by atoms with Crippen molar-refractivity contribution in [1.29, 1.82) is 0 Å². The number of hydrogen-bond donors (Lipinski definition) is 0. The summed E-state index contributed by atoms with van der Waals surface area (Å²) in [6, 6.07) is 36.0. The summed E-state index contributed by atoms with van der Waals surface area (Å²) in [5, 5.41) is 0. The maximum Gasteiger partial charge on any atom is 0.344 e. The van der Waals surface area contributed by atoms with E-state index in [1.807, 2.05) is 85.0 Å². The fraction of sp³-hybridized carbons (Fsp3) is 0.115. The number of carbonyl (C=O) groups excluding carboxylic acids is 2. The summed E-state index contributed by atoms with van der Waals surface area (Å²) in [5.41, 5.74) is 9.49. The van der Waals surface area contributed by atoms with Gasteiger partial charge in [-0.15, -0.1) is 22.7 Å². The number of nitrogens with zero attached hydrogens (tertiary/aromatic N) is 2. The van der Waals surface area contributed by atoms with Crippen LogP contribution in [-0.2, 0) is 19.1 Å². The molecule has 0 radical (unpaired) electrons. The number of thiophene rings is 2. The molecule has 9 rings (SSSR count). The van der Waals surface area contributed by atoms with E-state index < -0.39 is 11.9 Å². The highest BCUT2D eigenvalue weighted by Gasteiger charge is 2.20. The van der Waals surface area contributed by atoms with Crippen LogP contribution in [0.25, 0.3) is 87.6 Å². The summed E-state index contributed by atoms with van der Waals surface area (Å²) in [5.74, 6) is -0.585. The third-order valence-corrected chi connectivity index (χ3v) is 12.6. The third-order valence-electron chi connectivity index (χ3n) is 10.4. The predicted octanol–water partition coefficient (Wildman–Crippen LogP) is 13.0. The minimum Gasteiger partial charge on any atom is -0.482 e. The van der Waals surface area contributed by atoms with Crippen molar-refractivity contribution < 1.29 is 37.3 Å². The van der Waals surface area contributed by atoms with Crippen LogP contribution in [0.4, 0.5) is 8.78 Å². The Morgan fingerprint density at radius 2 is 0.719 bits per heavy atom. The van der Waals surface area contributed by atoms with Gasteiger partial charge in [0, 0.05) is 41.1 Å². The van der Waals surface area contributed by atoms with Gasteiger partial charge in [-0.2, -0.15) is 0 Å². The van der Waals surface area contributed by atoms with E-state index in [9.17, 15) is 18.4 Å². The summed E-state index contributed by atoms with van der Waals surface area (Å²) < 4.78 is 54.0. The van der Waals surface area contributed by atoms with Gasteiger partial charge >= 0.3 is 11.9 Å². The van der Waals surface area contributed by atoms with Crippen LogP contribution in [-0.4, -0.2) is 48.3 Å². The molecule has 0 unspecified atom stereocenters. The van der Waals surface area contributed by atoms with E-state index in [-0.39, 0.29) is 38.1 Å². The summed E-state index contributed by atoms with van der Waals surface area (Å²) in [6.45, 7) is 3.59. The number of rotatable bonds is 12. The van der Waals surface area contributed by atoms with E-state index >= 15 is 0 Å². The van der Waals surface area contributed by atoms with Crippen molar-refractivity contribution in [2.45, 2.75) is 13.8 Å². The fourth-order valence-corrected chi connectivity index (χ4v) is 9.83. The van der Waals surface area contributed by atoms with Crippen LogP contribution < -0.4 is 9.47 Å². The van der Waals surface area contributed by atoms with Gasteiger partial charge in [-0.25, -0.2) is 28.3 Å². The Bertz CT molecular complexity index is 2910. The summed E-state index contributed by atoms with van der Waals surface area (Å²) >= 11 is 3.12. The molecule has 3 aromatic heterocycles. The average Bonchev–Trinajstić information content (AvgIpc) is 4.16. The van der Waals surface area contributed by atoms with Crippen LogP contribution in [0.2, 0.25) is 0 Å². The van der Waals surface area contributed by atoms with Crippen molar-refractivity contribution in [3.8, 4) is 56.0 Å². The molecule has 0 aliphatic carbocycles. The number of hydrogen-bond acceptors (Lipinski definition) is 10. The molecule has 2 aliphatic rings. The molecule has 0 spiro atoms. The first-order valence-corrected chi connectivity index (χ1v) is 22.2. The Hall–Kier alpha value is -7.28. The molecule has 0 N–H and O–H groups in total. The lowest BCUT2D eigenvalue weighted by molar-refractivity contribution is -0.146. The summed E-state index contributed by atoms with van der Waals surface area (Å²) in [4.78, 5) is 34.7. The van der Waals surface area contributed by atoms with Crippen LogP contribution >= 0.6 is 22.7 Å². The molecule has 8 bridgehead atoms. The highest BCUT2D eigenvalue weighted by atomic mass is 32.1. The average molecular weight is 889 g/mol. The van der Waals surface area contributed by atoms with Crippen molar-refractivity contribution in [3.05, 3.63) is 156 Å². The minimum atomic E-state index is -0.453. The van der Waals surface area contributed by atoms with Crippen LogP contribution in [0.3, 0.4) is 0 Å². The van der Waals surface area contributed by atoms with Gasteiger partial charge in [-0.1, -0.05) is 48.5 Å². The van der Waals surface area contributed by atoms with Crippen molar-refractivity contribution >= 4 is 77.7 Å². The number of benzene rings is 4. The lowest BCUT2D eigenvalue weighted by atomic mass is 10.0. The zero-order chi connectivity index (χ0) is 44.2. The smallest absolute Gasteiger partial charge is 0.344 e. The Morgan fingerprint density at radius 3 is 1.00 bits per heavy atom. The van der Waals surface area contributed by atoms with Crippen LogP contribution in [0, 0.1) is 11.6 Å². The van der Waals surface area contributed by atoms with E-state index in [4.69, 9.17) is 28.9 Å². The van der Waals surface area contributed by atoms with Gasteiger partial charge in [0.1, 0.15) is 23.1 Å². The van der Waals surface area contributed by atoms with E-state index in [0.717, 1.165) is 63.3 Å². The number of fused-ring (bicyclic) bond motifs is 8. The summed E-state index contributed by atoms with van der Waals surface area (Å²) in [7, 11) is 0. The molecule has 12 heteroatoms. The highest BCUT2D eigenvalue weighted by molar-refractivity contribution is 7.24. The maximum atomic E-state index is 14.4. The Morgan fingerprint density at radius 1 is 0.438 bits per heavy atom. The largest absolute Gasteiger partial charge is 0.482 e. The predicted molar refractivity (Wildman–Crippen MR) is 252 cm³/mol. The number of ether oxygens (including phenoxy) is 4. The van der Waals surface area contributed by atoms with Gasteiger partial charge < -0.3 is 18.9 Å². The Labute approximate surface area is 375 Å². The molecule has 0 fully saturated rings. The van der Waals surface area contributed by atoms with Crippen LogP contribution in [0.5, 0.6) is 11.5 Å². The molecule has 0 amide bonds. The summed E-state index contributed by atoms with van der Waals surface area (Å²) in [6.07, 6.45) is 7.95. The second-order valence-corrected chi connectivity index (χ2v) is 16.7. The third kappa shape index (κ3) is 8.96. The van der Waals surface area contributed by atoms with E-state index in [0.29, 0.717) is 34.3 Å². The highest BCUT2D eigenvalue weighted by Crippen LogP contribution is 2.43. The standard InChI is InChI=1S/C52H38F2N2O6S2/c1-3-59-47(57)29-61-37-17-9-33(10-18-37)51-41-23-21-39(55-41)49(31-5-13-35(53)14-6-31)43-25-26-44(63-43)50(32-7-15-36(54)16-8-32)40-22-24-42(56-40)52(46-28-27-45(51)64-46)34-11-19-38(20-12-34)62-30-48(58)60-4-2/h5-28H,3-4,29-30H2,1-2H3. The van der Waals surface area contributed by atoms with Gasteiger partial charge in [0.2, 0.25) is 0 Å². The zero-order valence-electron chi connectivity index (χ0n) is 34.6. The van der Waals surface area contributed by atoms with Gasteiger partial charge in [0.15, 0.2) is 13.2 Å². The first kappa shape index (κ1) is 42.0. The van der Waals surface area contributed by atoms with Crippen molar-refractivity contribution in [3.63, 3.8) is 0 Å². The fourth-order valence-electron chi connectivity index (χ4n) is 7.52. The number of esters is 2. The monoisotopic (exact) mass is 888 g/mol. The molecule has 64 heavy (non-hydrogen) atoms. The van der Waals surface area contributed by atoms with Crippen molar-refractivity contribution in [1.82, 2.24) is 9.97 Å². The second-order valence-electron chi connectivity index (χ2n) is 14.5. The molecule has 5 heterocycles. The normalized spacial score (nSPS) is 11.7. The Kier molecular flexibility index (Phi) is 12.2. The topological polar surface area (TPSA) is 96.8 Å². The molecular weight excluding hydrogens is 851 g/mol. The van der Waals surface area contributed by atoms with E-state index in [1.54, 1.807) is 60.8 Å². The van der Waals surface area contributed by atoms with E-state index in [1.165, 1.54) is 24.3 Å². The van der Waals surface area contributed by atoms with Gasteiger partial charge in [0.25, 0.3) is 0 Å². The first-order valence-electron chi connectivity index (χ1n) is 20.5. The second kappa shape index (κ2) is 18.6. The van der Waals surface area contributed by atoms with Gasteiger partial charge in [0.05, 0.1) is 36.0 Å². The number of halogens is 2. The molecule has 0 atom stereocenters. The molecule has 7 aromatic rings. The lowest BCUT2D eigenvalue weighted by Crippen LogP contribution is -2.14. The molecule has 8 nitrogen and oxygen atoms in total. The quantitative estimate of drug-likeness (QED) is 0.112. The molecular formula is C52H38F2N2O6S2. The van der Waals surface area contributed by atoms with Crippen molar-refractivity contribution in [2.75, 3.05) is 26.4 Å².